The molecule has 2 aromatic rings. The van der Waals surface area contributed by atoms with E-state index in [1.54, 1.807) is 33.4 Å². The maximum Gasteiger partial charge on any atom is 0.307 e. The second-order valence-electron chi connectivity index (χ2n) is 17.7. The van der Waals surface area contributed by atoms with Crippen LogP contribution in [0.15, 0.2) is 28.0 Å². The second kappa shape index (κ2) is 13.2. The molecule has 8 unspecified atom stereocenters. The van der Waals surface area contributed by atoms with E-state index < -0.39 is 16.4 Å². The molecule has 4 aliphatic rings. The predicted octanol–water partition coefficient (Wildman–Crippen LogP) is 7.02. The molecule has 0 spiro atoms. The highest BCUT2D eigenvalue weighted by Crippen LogP contribution is 2.71. The highest BCUT2D eigenvalue weighted by atomic mass is 16.5. The monoisotopic (exact) mass is 704 g/mol. The first-order valence-corrected chi connectivity index (χ1v) is 18.8. The maximum atomic E-state index is 14.0. The van der Waals surface area contributed by atoms with Crippen molar-refractivity contribution in [3.8, 4) is 17.5 Å². The summed E-state index contributed by atoms with van der Waals surface area (Å²) in [6.07, 6.45) is 10.3. The Kier molecular flexibility index (Phi) is 9.64. The predicted molar refractivity (Wildman–Crippen MR) is 189 cm³/mol. The number of aromatic nitrogens is 4. The third-order valence-corrected chi connectivity index (χ3v) is 13.6. The zero-order chi connectivity index (χ0) is 37.1. The molecule has 11 heteroatoms. The smallest absolute Gasteiger partial charge is 0.307 e. The first-order valence-electron chi connectivity index (χ1n) is 18.8. The van der Waals surface area contributed by atoms with Gasteiger partial charge >= 0.3 is 5.97 Å². The van der Waals surface area contributed by atoms with Crippen LogP contribution in [0, 0.1) is 39.9 Å². The van der Waals surface area contributed by atoms with Crippen molar-refractivity contribution in [1.29, 1.82) is 0 Å². The third-order valence-electron chi connectivity index (χ3n) is 13.6. The molecular weight excluding hydrogens is 648 g/mol. The quantitative estimate of drug-likeness (QED) is 0.190. The van der Waals surface area contributed by atoms with Gasteiger partial charge in [0.25, 0.3) is 5.89 Å². The third kappa shape index (κ3) is 6.15. The summed E-state index contributed by atoms with van der Waals surface area (Å²) in [4.78, 5) is 46.7. The number of fused-ring (bicyclic) bond motifs is 5. The van der Waals surface area contributed by atoms with E-state index in [1.165, 1.54) is 0 Å². The summed E-state index contributed by atoms with van der Waals surface area (Å²) >= 11 is 0. The molecular formula is C40H56N4O7. The number of nitrogens with zero attached hydrogens (tertiary/aromatic N) is 4. The molecule has 0 aliphatic heterocycles. The summed E-state index contributed by atoms with van der Waals surface area (Å²) in [6, 6.07) is 0. The van der Waals surface area contributed by atoms with Crippen LogP contribution in [0.5, 0.6) is 5.75 Å². The average molecular weight is 705 g/mol. The number of hydrogen-bond acceptors (Lipinski definition) is 11. The zero-order valence-electron chi connectivity index (χ0n) is 31.9. The summed E-state index contributed by atoms with van der Waals surface area (Å²) in [6.45, 7) is 16.6. The molecule has 0 aromatic carbocycles. The van der Waals surface area contributed by atoms with Crippen LogP contribution in [-0.4, -0.2) is 62.1 Å². The lowest BCUT2D eigenvalue weighted by Gasteiger charge is -2.67. The first kappa shape index (κ1) is 37.3. The fourth-order valence-corrected chi connectivity index (χ4v) is 10.9. The van der Waals surface area contributed by atoms with Gasteiger partial charge < -0.3 is 23.8 Å². The van der Waals surface area contributed by atoms with Crippen molar-refractivity contribution in [2.24, 2.45) is 39.9 Å². The summed E-state index contributed by atoms with van der Waals surface area (Å²) in [7, 11) is 1.55. The van der Waals surface area contributed by atoms with Gasteiger partial charge in [-0.05, 0) is 98.4 Å². The summed E-state index contributed by atoms with van der Waals surface area (Å²) in [5, 5.41) is 22.1. The number of Topliss-reactive ketones (excluding diaryl/α,β-unsaturated/α-hetero) is 1. The van der Waals surface area contributed by atoms with Gasteiger partial charge in [0.05, 0.1) is 43.0 Å². The molecule has 8 atom stereocenters. The number of aliphatic hydroxyl groups is 1. The highest BCUT2D eigenvalue weighted by molar-refractivity contribution is 6.02. The van der Waals surface area contributed by atoms with Gasteiger partial charge in [0.2, 0.25) is 11.7 Å². The van der Waals surface area contributed by atoms with E-state index in [2.05, 4.69) is 40.9 Å². The van der Waals surface area contributed by atoms with Crippen LogP contribution in [0.2, 0.25) is 0 Å². The van der Waals surface area contributed by atoms with Gasteiger partial charge in [-0.2, -0.15) is 0 Å². The van der Waals surface area contributed by atoms with E-state index in [1.807, 2.05) is 20.8 Å². The summed E-state index contributed by atoms with van der Waals surface area (Å²) in [5.41, 5.74) is -1.52. The molecule has 6 rings (SSSR count). The van der Waals surface area contributed by atoms with Crippen LogP contribution in [0.25, 0.3) is 11.7 Å². The fraction of sp³-hybridized carbons (Fsp3) is 0.725. The summed E-state index contributed by atoms with van der Waals surface area (Å²) in [5.74, 6) is 1.67. The van der Waals surface area contributed by atoms with Gasteiger partial charge in [-0.1, -0.05) is 48.5 Å². The molecule has 3 saturated carbocycles. The zero-order valence-corrected chi connectivity index (χ0v) is 31.9. The molecule has 51 heavy (non-hydrogen) atoms. The minimum atomic E-state index is -1.20. The van der Waals surface area contributed by atoms with Crippen LogP contribution in [0.4, 0.5) is 0 Å². The van der Waals surface area contributed by atoms with E-state index in [4.69, 9.17) is 13.9 Å². The Morgan fingerprint density at radius 3 is 2.41 bits per heavy atom. The number of esters is 1. The number of allylic oxidation sites excluding steroid dienone is 1. The molecule has 0 amide bonds. The van der Waals surface area contributed by atoms with Crippen molar-refractivity contribution in [3.63, 3.8) is 0 Å². The van der Waals surface area contributed by atoms with Crippen LogP contribution in [0.1, 0.15) is 125 Å². The van der Waals surface area contributed by atoms with E-state index in [9.17, 15) is 19.5 Å². The Morgan fingerprint density at radius 2 is 1.76 bits per heavy atom. The van der Waals surface area contributed by atoms with Crippen LogP contribution < -0.4 is 4.74 Å². The second-order valence-corrected chi connectivity index (χ2v) is 17.7. The fourth-order valence-electron chi connectivity index (χ4n) is 10.9. The Bertz CT molecular complexity index is 1700. The van der Waals surface area contributed by atoms with Crippen LogP contribution >= 0.6 is 0 Å². The number of methoxy groups -OCH3 is 1. The van der Waals surface area contributed by atoms with Gasteiger partial charge in [0.1, 0.15) is 6.29 Å². The van der Waals surface area contributed by atoms with E-state index >= 15 is 0 Å². The number of aldehydes is 1. The van der Waals surface area contributed by atoms with Crippen molar-refractivity contribution in [2.75, 3.05) is 7.11 Å². The topological polar surface area (TPSA) is 155 Å². The first-order chi connectivity index (χ1) is 23.9. The molecule has 1 N–H and O–H groups in total. The molecule has 2 aromatic heterocycles. The van der Waals surface area contributed by atoms with Crippen LogP contribution in [0.3, 0.4) is 0 Å². The number of carbonyl (C=O) groups excluding carboxylic acids is 3. The molecule has 3 fully saturated rings. The lowest BCUT2D eigenvalue weighted by atomic mass is 9.39. The van der Waals surface area contributed by atoms with Gasteiger partial charge in [-0.15, -0.1) is 10.2 Å². The van der Waals surface area contributed by atoms with Gasteiger partial charge in [0.15, 0.2) is 11.5 Å². The number of hydrogen-bond donors (Lipinski definition) is 1. The van der Waals surface area contributed by atoms with E-state index in [-0.39, 0.29) is 65.1 Å². The number of ketones is 1. The Labute approximate surface area is 301 Å². The average Bonchev–Trinajstić information content (AvgIpc) is 3.70. The Balaban J connectivity index is 1.30. The van der Waals surface area contributed by atoms with Gasteiger partial charge in [-0.3, -0.25) is 9.59 Å². The lowest BCUT2D eigenvalue weighted by molar-refractivity contribution is -0.194. The lowest BCUT2D eigenvalue weighted by Crippen LogP contribution is -2.64. The van der Waals surface area contributed by atoms with E-state index in [0.717, 1.165) is 50.4 Å². The largest absolute Gasteiger partial charge is 0.494 e. The molecule has 2 heterocycles. The molecule has 11 nitrogen and oxygen atoms in total. The number of carbonyl (C=O) groups is 3. The maximum absolute atomic E-state index is 14.0. The van der Waals surface area contributed by atoms with Crippen molar-refractivity contribution < 1.29 is 33.4 Å². The van der Waals surface area contributed by atoms with Crippen molar-refractivity contribution in [3.05, 3.63) is 29.4 Å². The summed E-state index contributed by atoms with van der Waals surface area (Å²) < 4.78 is 17.3. The van der Waals surface area contributed by atoms with E-state index in [0.29, 0.717) is 41.9 Å². The minimum Gasteiger partial charge on any atom is -0.494 e. The molecule has 4 aliphatic carbocycles. The standard InChI is InChI=1S/C40H56N4O7/c1-23(2)31-27(46)18-39(35-44-43-34(51-35)33-41-20-26(49-9)21-42-33)16-12-29-38(8)14-10-24(3)37(7,28(38)13-17-40(29,48)32(31)39)15-11-25(4)50-30(47)19-36(5,6)22-45/h20-25,28-29,48H,10-19H2,1-9H3. The molecule has 0 bridgehead atoms. The Morgan fingerprint density at radius 1 is 1.08 bits per heavy atom. The van der Waals surface area contributed by atoms with Crippen molar-refractivity contribution in [2.45, 2.75) is 137 Å². The molecule has 278 valence electrons. The van der Waals surface area contributed by atoms with Gasteiger partial charge in [0, 0.05) is 17.4 Å². The minimum absolute atomic E-state index is 0.0356. The molecule has 0 saturated heterocycles. The Hall–Kier alpha value is -3.47. The van der Waals surface area contributed by atoms with Crippen molar-refractivity contribution in [1.82, 2.24) is 20.2 Å². The number of ether oxygens (including phenoxy) is 2. The van der Waals surface area contributed by atoms with Gasteiger partial charge in [-0.25, -0.2) is 9.97 Å². The van der Waals surface area contributed by atoms with Crippen LogP contribution in [-0.2, 0) is 24.5 Å². The normalized spacial score (nSPS) is 34.1. The number of rotatable bonds is 11. The molecule has 0 radical (unpaired) electrons. The van der Waals surface area contributed by atoms with Crippen molar-refractivity contribution >= 4 is 18.0 Å². The SMILES string of the molecule is COc1cnc(-c2nnc(C34CCC5C(O)(CCC6C(C)(CCC(C)OC(=O)CC(C)(C)C=O)C(C)CCC56C)C3=C(C(C)C)C(=O)C4)o2)nc1. The highest BCUT2D eigenvalue weighted by Gasteiger charge is 2.69.